The van der Waals surface area contributed by atoms with Crippen molar-refractivity contribution < 1.29 is 9.53 Å². The molecule has 2 rings (SSSR count). The van der Waals surface area contributed by atoms with Crippen molar-refractivity contribution in [3.8, 4) is 5.75 Å². The van der Waals surface area contributed by atoms with Gasteiger partial charge in [-0.25, -0.2) is 0 Å². The Morgan fingerprint density at radius 2 is 2.25 bits per heavy atom. The standard InChI is InChI=1S/C16H24N2O2/c1-16(2,12-6-5-9-17-11-12)15(19)18-13-7-4-8-14(10-13)20-3/h4,7-8,10,12,17H,5-6,9,11H2,1-3H3,(H,18,19). The summed E-state index contributed by atoms with van der Waals surface area (Å²) in [5.74, 6) is 1.20. The topological polar surface area (TPSA) is 50.4 Å². The van der Waals surface area contributed by atoms with Crippen LogP contribution >= 0.6 is 0 Å². The van der Waals surface area contributed by atoms with Crippen LogP contribution in [-0.4, -0.2) is 26.1 Å². The zero-order chi connectivity index (χ0) is 14.6. The molecule has 1 aromatic rings. The first kappa shape index (κ1) is 14.9. The normalized spacial score (nSPS) is 19.4. The van der Waals surface area contributed by atoms with E-state index < -0.39 is 0 Å². The van der Waals surface area contributed by atoms with Gasteiger partial charge in [0.05, 0.1) is 7.11 Å². The maximum absolute atomic E-state index is 12.6. The third-order valence-corrected chi connectivity index (χ3v) is 4.23. The summed E-state index contributed by atoms with van der Waals surface area (Å²) in [6.45, 7) is 6.03. The Kier molecular flexibility index (Phi) is 4.65. The number of rotatable bonds is 4. The largest absolute Gasteiger partial charge is 0.497 e. The minimum Gasteiger partial charge on any atom is -0.497 e. The molecular weight excluding hydrogens is 252 g/mol. The molecule has 0 bridgehead atoms. The molecule has 20 heavy (non-hydrogen) atoms. The summed E-state index contributed by atoms with van der Waals surface area (Å²) in [4.78, 5) is 12.6. The van der Waals surface area contributed by atoms with Gasteiger partial charge in [-0.1, -0.05) is 19.9 Å². The van der Waals surface area contributed by atoms with Gasteiger partial charge in [-0.2, -0.15) is 0 Å². The number of hydrogen-bond acceptors (Lipinski definition) is 3. The molecule has 0 aliphatic carbocycles. The number of carbonyl (C=O) groups is 1. The van der Waals surface area contributed by atoms with E-state index in [0.29, 0.717) is 5.92 Å². The lowest BCUT2D eigenvalue weighted by molar-refractivity contribution is -0.127. The summed E-state index contributed by atoms with van der Waals surface area (Å²) >= 11 is 0. The maximum atomic E-state index is 12.6. The number of anilines is 1. The van der Waals surface area contributed by atoms with Crippen molar-refractivity contribution >= 4 is 11.6 Å². The fourth-order valence-corrected chi connectivity index (χ4v) is 2.65. The SMILES string of the molecule is COc1cccc(NC(=O)C(C)(C)C2CCCNC2)c1. The number of ether oxygens (including phenoxy) is 1. The Balaban J connectivity index is 2.05. The van der Waals surface area contributed by atoms with Gasteiger partial charge in [0.25, 0.3) is 0 Å². The zero-order valence-electron chi connectivity index (χ0n) is 12.5. The summed E-state index contributed by atoms with van der Waals surface area (Å²) in [6, 6.07) is 7.47. The van der Waals surface area contributed by atoms with Gasteiger partial charge in [-0.05, 0) is 44.0 Å². The van der Waals surface area contributed by atoms with E-state index in [-0.39, 0.29) is 11.3 Å². The lowest BCUT2D eigenvalue weighted by Crippen LogP contribution is -2.44. The monoisotopic (exact) mass is 276 g/mol. The first-order chi connectivity index (χ1) is 9.54. The highest BCUT2D eigenvalue weighted by molar-refractivity contribution is 5.95. The number of benzene rings is 1. The van der Waals surface area contributed by atoms with Crippen molar-refractivity contribution in [3.63, 3.8) is 0 Å². The number of hydrogen-bond donors (Lipinski definition) is 2. The molecule has 2 N–H and O–H groups in total. The van der Waals surface area contributed by atoms with Gasteiger partial charge in [-0.3, -0.25) is 4.79 Å². The molecule has 1 saturated heterocycles. The summed E-state index contributed by atoms with van der Waals surface area (Å²) in [6.07, 6.45) is 2.24. The van der Waals surface area contributed by atoms with Gasteiger partial charge in [0.2, 0.25) is 5.91 Å². The molecule has 1 fully saturated rings. The molecule has 0 radical (unpaired) electrons. The number of piperidine rings is 1. The Morgan fingerprint density at radius 1 is 1.45 bits per heavy atom. The van der Waals surface area contributed by atoms with Crippen molar-refractivity contribution in [1.29, 1.82) is 0 Å². The van der Waals surface area contributed by atoms with Crippen LogP contribution in [0.25, 0.3) is 0 Å². The van der Waals surface area contributed by atoms with Crippen molar-refractivity contribution in [1.82, 2.24) is 5.32 Å². The van der Waals surface area contributed by atoms with E-state index in [1.165, 1.54) is 0 Å². The first-order valence-electron chi connectivity index (χ1n) is 7.20. The van der Waals surface area contributed by atoms with Gasteiger partial charge < -0.3 is 15.4 Å². The second-order valence-electron chi connectivity index (χ2n) is 5.95. The van der Waals surface area contributed by atoms with Crippen LogP contribution in [0.1, 0.15) is 26.7 Å². The Labute approximate surface area is 120 Å². The van der Waals surface area contributed by atoms with Crippen molar-refractivity contribution in [2.24, 2.45) is 11.3 Å². The molecule has 1 atom stereocenters. The molecule has 0 spiro atoms. The Hall–Kier alpha value is -1.55. The summed E-state index contributed by atoms with van der Waals surface area (Å²) in [5, 5.41) is 6.39. The molecule has 1 unspecified atom stereocenters. The summed E-state index contributed by atoms with van der Waals surface area (Å²) < 4.78 is 5.18. The second kappa shape index (κ2) is 6.27. The third-order valence-electron chi connectivity index (χ3n) is 4.23. The minimum absolute atomic E-state index is 0.0689. The summed E-state index contributed by atoms with van der Waals surface area (Å²) in [7, 11) is 1.62. The number of nitrogens with one attached hydrogen (secondary N) is 2. The molecule has 1 amide bonds. The lowest BCUT2D eigenvalue weighted by Gasteiger charge is -2.36. The Morgan fingerprint density at radius 3 is 2.90 bits per heavy atom. The number of amides is 1. The van der Waals surface area contributed by atoms with Gasteiger partial charge in [0.15, 0.2) is 0 Å². The van der Waals surface area contributed by atoms with Gasteiger partial charge in [0.1, 0.15) is 5.75 Å². The highest BCUT2D eigenvalue weighted by atomic mass is 16.5. The molecule has 1 aromatic carbocycles. The Bertz CT molecular complexity index is 465. The zero-order valence-corrected chi connectivity index (χ0v) is 12.5. The minimum atomic E-state index is -0.378. The summed E-state index contributed by atoms with van der Waals surface area (Å²) in [5.41, 5.74) is 0.405. The highest BCUT2D eigenvalue weighted by Gasteiger charge is 2.37. The van der Waals surface area contributed by atoms with E-state index in [9.17, 15) is 4.79 Å². The van der Waals surface area contributed by atoms with Gasteiger partial charge in [0, 0.05) is 17.2 Å². The van der Waals surface area contributed by atoms with E-state index in [2.05, 4.69) is 10.6 Å². The molecule has 4 nitrogen and oxygen atoms in total. The molecule has 1 heterocycles. The van der Waals surface area contributed by atoms with Gasteiger partial charge >= 0.3 is 0 Å². The van der Waals surface area contributed by atoms with E-state index in [1.807, 2.05) is 38.1 Å². The van der Waals surface area contributed by atoms with Crippen molar-refractivity contribution in [3.05, 3.63) is 24.3 Å². The molecular formula is C16H24N2O2. The van der Waals surface area contributed by atoms with E-state index >= 15 is 0 Å². The average Bonchev–Trinajstić information content (AvgIpc) is 2.48. The molecule has 110 valence electrons. The predicted molar refractivity (Wildman–Crippen MR) is 81.0 cm³/mol. The van der Waals surface area contributed by atoms with Crippen LogP contribution in [0, 0.1) is 11.3 Å². The van der Waals surface area contributed by atoms with Crippen molar-refractivity contribution in [2.75, 3.05) is 25.5 Å². The van der Waals surface area contributed by atoms with Gasteiger partial charge in [-0.15, -0.1) is 0 Å². The van der Waals surface area contributed by atoms with Crippen LogP contribution in [0.15, 0.2) is 24.3 Å². The average molecular weight is 276 g/mol. The third kappa shape index (κ3) is 3.31. The van der Waals surface area contributed by atoms with Crippen LogP contribution in [-0.2, 0) is 4.79 Å². The molecule has 4 heteroatoms. The fraction of sp³-hybridized carbons (Fsp3) is 0.562. The molecule has 0 saturated carbocycles. The fourth-order valence-electron chi connectivity index (χ4n) is 2.65. The molecule has 0 aromatic heterocycles. The first-order valence-corrected chi connectivity index (χ1v) is 7.20. The number of carbonyl (C=O) groups excluding carboxylic acids is 1. The van der Waals surface area contributed by atoms with Crippen LogP contribution < -0.4 is 15.4 Å². The smallest absolute Gasteiger partial charge is 0.230 e. The highest BCUT2D eigenvalue weighted by Crippen LogP contribution is 2.33. The lowest BCUT2D eigenvalue weighted by atomic mass is 9.74. The molecule has 1 aliphatic rings. The van der Waals surface area contributed by atoms with Crippen molar-refractivity contribution in [2.45, 2.75) is 26.7 Å². The van der Waals surface area contributed by atoms with E-state index in [0.717, 1.165) is 37.4 Å². The quantitative estimate of drug-likeness (QED) is 0.889. The molecule has 1 aliphatic heterocycles. The van der Waals surface area contributed by atoms with Crippen LogP contribution in [0.4, 0.5) is 5.69 Å². The van der Waals surface area contributed by atoms with Crippen LogP contribution in [0.5, 0.6) is 5.75 Å². The van der Waals surface area contributed by atoms with Crippen LogP contribution in [0.3, 0.4) is 0 Å². The predicted octanol–water partition coefficient (Wildman–Crippen LogP) is 2.66. The van der Waals surface area contributed by atoms with E-state index in [4.69, 9.17) is 4.74 Å². The van der Waals surface area contributed by atoms with E-state index in [1.54, 1.807) is 7.11 Å². The second-order valence-corrected chi connectivity index (χ2v) is 5.95. The maximum Gasteiger partial charge on any atom is 0.230 e. The number of methoxy groups -OCH3 is 1. The van der Waals surface area contributed by atoms with Crippen LogP contribution in [0.2, 0.25) is 0 Å².